The molecule has 0 radical (unpaired) electrons. The number of nitrogens with zero attached hydrogens (tertiary/aromatic N) is 1. The monoisotopic (exact) mass is 320 g/mol. The number of methoxy groups -OCH3 is 1. The van der Waals surface area contributed by atoms with Crippen molar-refractivity contribution in [3.05, 3.63) is 0 Å². The Labute approximate surface area is 140 Å². The molecule has 1 amide bonds. The van der Waals surface area contributed by atoms with E-state index >= 15 is 0 Å². The molecule has 1 heterocycles. The van der Waals surface area contributed by atoms with Crippen molar-refractivity contribution < 1.29 is 9.53 Å². The third kappa shape index (κ3) is 2.62. The van der Waals surface area contributed by atoms with Gasteiger partial charge in [-0.3, -0.25) is 4.79 Å². The maximum absolute atomic E-state index is 13.5. The number of nitrogens with one attached hydrogen (secondary N) is 1. The normalized spacial score (nSPS) is 41.0. The molecule has 1 saturated heterocycles. The summed E-state index contributed by atoms with van der Waals surface area (Å²) >= 11 is 0. The predicted octanol–water partition coefficient (Wildman–Crippen LogP) is 2.29. The quantitative estimate of drug-likeness (QED) is 0.864. The van der Waals surface area contributed by atoms with Gasteiger partial charge >= 0.3 is 0 Å². The van der Waals surface area contributed by atoms with Gasteiger partial charge in [0, 0.05) is 20.2 Å². The molecule has 0 atom stereocenters. The molecule has 5 aliphatic rings. The highest BCUT2D eigenvalue weighted by Gasteiger charge is 2.52. The minimum Gasteiger partial charge on any atom is -0.384 e. The van der Waals surface area contributed by atoms with Gasteiger partial charge in [-0.15, -0.1) is 0 Å². The zero-order chi connectivity index (χ0) is 16.0. The van der Waals surface area contributed by atoms with Gasteiger partial charge in [-0.2, -0.15) is 0 Å². The Bertz CT molecular complexity index is 425. The molecule has 23 heavy (non-hydrogen) atoms. The zero-order valence-electron chi connectivity index (χ0n) is 14.7. The minimum atomic E-state index is -0.288. The Morgan fingerprint density at radius 2 is 1.65 bits per heavy atom. The maximum Gasteiger partial charge on any atom is 0.231 e. The van der Waals surface area contributed by atoms with Crippen LogP contribution < -0.4 is 5.32 Å². The van der Waals surface area contributed by atoms with Crippen molar-refractivity contribution >= 4 is 5.91 Å². The molecule has 5 rings (SSSR count). The predicted molar refractivity (Wildman–Crippen MR) is 90.0 cm³/mol. The first-order valence-corrected chi connectivity index (χ1v) is 9.60. The summed E-state index contributed by atoms with van der Waals surface area (Å²) in [5, 5.41) is 3.40. The summed E-state index contributed by atoms with van der Waals surface area (Å²) in [6.07, 6.45) is 8.77. The highest BCUT2D eigenvalue weighted by atomic mass is 16.5. The Balaban J connectivity index is 1.53. The highest BCUT2D eigenvalue weighted by molar-refractivity contribution is 5.83. The third-order valence-corrected chi connectivity index (χ3v) is 7.38. The number of hydrogen-bond acceptors (Lipinski definition) is 3. The summed E-state index contributed by atoms with van der Waals surface area (Å²) in [5.41, 5.74) is -0.288. The fourth-order valence-electron chi connectivity index (χ4n) is 6.64. The van der Waals surface area contributed by atoms with Crippen LogP contribution in [0, 0.1) is 29.1 Å². The number of carbonyl (C=O) groups excluding carboxylic acids is 1. The summed E-state index contributed by atoms with van der Waals surface area (Å²) in [4.78, 5) is 15.6. The molecular formula is C19H32N2O2. The van der Waals surface area contributed by atoms with Crippen LogP contribution in [0.5, 0.6) is 0 Å². The molecular weight excluding hydrogens is 288 g/mol. The summed E-state index contributed by atoms with van der Waals surface area (Å²) in [6, 6.07) is 0.499. The Kier molecular flexibility index (Phi) is 4.17. The largest absolute Gasteiger partial charge is 0.384 e. The Morgan fingerprint density at radius 3 is 2.17 bits per heavy atom. The standard InChI is InChI=1S/C19H32N2O2/c1-21(18(22)19(12-23-2)3-5-20-6-4-19)17-15-8-13-7-14(10-15)11-16(17)9-13/h13-17,20H,3-12H2,1-2H3. The molecule has 4 nitrogen and oxygen atoms in total. The van der Waals surface area contributed by atoms with Crippen LogP contribution in [0.15, 0.2) is 0 Å². The maximum atomic E-state index is 13.5. The Morgan fingerprint density at radius 1 is 1.09 bits per heavy atom. The van der Waals surface area contributed by atoms with Gasteiger partial charge < -0.3 is 15.0 Å². The first kappa shape index (κ1) is 15.9. The number of rotatable bonds is 4. The van der Waals surface area contributed by atoms with Crippen LogP contribution in [-0.4, -0.2) is 50.7 Å². The van der Waals surface area contributed by atoms with E-state index in [0.29, 0.717) is 18.6 Å². The van der Waals surface area contributed by atoms with Crippen LogP contribution >= 0.6 is 0 Å². The molecule has 0 aromatic rings. The first-order valence-electron chi connectivity index (χ1n) is 9.60. The van der Waals surface area contributed by atoms with Gasteiger partial charge in [-0.25, -0.2) is 0 Å². The van der Waals surface area contributed by atoms with Crippen LogP contribution in [0.25, 0.3) is 0 Å². The van der Waals surface area contributed by atoms with E-state index in [0.717, 1.165) is 49.6 Å². The highest BCUT2D eigenvalue weighted by Crippen LogP contribution is 2.55. The second-order valence-corrected chi connectivity index (χ2v) is 8.80. The third-order valence-electron chi connectivity index (χ3n) is 7.38. The first-order chi connectivity index (χ1) is 11.1. The molecule has 4 aliphatic carbocycles. The van der Waals surface area contributed by atoms with Crippen molar-refractivity contribution in [2.45, 2.75) is 51.0 Å². The van der Waals surface area contributed by atoms with Crippen LogP contribution in [0.4, 0.5) is 0 Å². The van der Waals surface area contributed by atoms with E-state index in [1.54, 1.807) is 7.11 Å². The average Bonchev–Trinajstić information content (AvgIpc) is 2.54. The molecule has 0 aromatic carbocycles. The van der Waals surface area contributed by atoms with Crippen molar-refractivity contribution in [2.24, 2.45) is 29.1 Å². The lowest BCUT2D eigenvalue weighted by molar-refractivity contribution is -0.157. The molecule has 5 fully saturated rings. The lowest BCUT2D eigenvalue weighted by atomic mass is 9.53. The number of amides is 1. The number of hydrogen-bond donors (Lipinski definition) is 1. The number of piperidine rings is 1. The lowest BCUT2D eigenvalue weighted by Crippen LogP contribution is -2.60. The Hall–Kier alpha value is -0.610. The summed E-state index contributed by atoms with van der Waals surface area (Å²) in [5.74, 6) is 3.81. The van der Waals surface area contributed by atoms with Crippen molar-refractivity contribution in [3.63, 3.8) is 0 Å². The summed E-state index contributed by atoms with van der Waals surface area (Å²) in [7, 11) is 3.83. The number of carbonyl (C=O) groups is 1. The van der Waals surface area contributed by atoms with Gasteiger partial charge in [-0.1, -0.05) is 0 Å². The molecule has 4 bridgehead atoms. The molecule has 1 N–H and O–H groups in total. The van der Waals surface area contributed by atoms with Crippen molar-refractivity contribution in [1.29, 1.82) is 0 Å². The van der Waals surface area contributed by atoms with Crippen molar-refractivity contribution in [3.8, 4) is 0 Å². The van der Waals surface area contributed by atoms with Crippen molar-refractivity contribution in [2.75, 3.05) is 33.9 Å². The molecule has 4 saturated carbocycles. The molecule has 0 aromatic heterocycles. The van der Waals surface area contributed by atoms with Gasteiger partial charge in [-0.05, 0) is 81.7 Å². The fraction of sp³-hybridized carbons (Fsp3) is 0.947. The van der Waals surface area contributed by atoms with E-state index in [4.69, 9.17) is 4.74 Å². The molecule has 130 valence electrons. The zero-order valence-corrected chi connectivity index (χ0v) is 14.7. The van der Waals surface area contributed by atoms with E-state index < -0.39 is 0 Å². The second kappa shape index (κ2) is 6.03. The SMILES string of the molecule is COCC1(C(=O)N(C)C2C3CC4CC(C3)CC2C4)CCNCC1. The fourth-order valence-corrected chi connectivity index (χ4v) is 6.64. The van der Waals surface area contributed by atoms with E-state index in [1.165, 1.54) is 32.1 Å². The molecule has 1 aliphatic heterocycles. The van der Waals surface area contributed by atoms with Gasteiger partial charge in [0.15, 0.2) is 0 Å². The van der Waals surface area contributed by atoms with E-state index in [1.807, 2.05) is 0 Å². The molecule has 4 heteroatoms. The molecule has 0 unspecified atom stereocenters. The second-order valence-electron chi connectivity index (χ2n) is 8.80. The van der Waals surface area contributed by atoms with Crippen molar-refractivity contribution in [1.82, 2.24) is 10.2 Å². The smallest absolute Gasteiger partial charge is 0.231 e. The van der Waals surface area contributed by atoms with E-state index in [-0.39, 0.29) is 5.41 Å². The van der Waals surface area contributed by atoms with Crippen LogP contribution in [0.1, 0.15) is 44.9 Å². The lowest BCUT2D eigenvalue weighted by Gasteiger charge is -2.57. The minimum absolute atomic E-state index is 0.288. The van der Waals surface area contributed by atoms with Gasteiger partial charge in [0.2, 0.25) is 5.91 Å². The summed E-state index contributed by atoms with van der Waals surface area (Å²) in [6.45, 7) is 2.44. The van der Waals surface area contributed by atoms with Gasteiger partial charge in [0.1, 0.15) is 0 Å². The van der Waals surface area contributed by atoms with Crippen LogP contribution in [0.2, 0.25) is 0 Å². The van der Waals surface area contributed by atoms with Crippen LogP contribution in [0.3, 0.4) is 0 Å². The van der Waals surface area contributed by atoms with E-state index in [9.17, 15) is 4.79 Å². The van der Waals surface area contributed by atoms with Gasteiger partial charge in [0.05, 0.1) is 12.0 Å². The topological polar surface area (TPSA) is 41.6 Å². The summed E-state index contributed by atoms with van der Waals surface area (Å²) < 4.78 is 5.49. The number of ether oxygens (including phenoxy) is 1. The van der Waals surface area contributed by atoms with Gasteiger partial charge in [0.25, 0.3) is 0 Å². The van der Waals surface area contributed by atoms with E-state index in [2.05, 4.69) is 17.3 Å². The average molecular weight is 320 g/mol. The van der Waals surface area contributed by atoms with Crippen LogP contribution in [-0.2, 0) is 9.53 Å². The molecule has 0 spiro atoms.